The van der Waals surface area contributed by atoms with Gasteiger partial charge in [-0.15, -0.1) is 10.2 Å². The first-order valence-electron chi connectivity index (χ1n) is 10.1. The van der Waals surface area contributed by atoms with E-state index in [1.54, 1.807) is 45.3 Å². The molecule has 9 nitrogen and oxygen atoms in total. The Hall–Kier alpha value is -2.76. The molecule has 0 saturated carbocycles. The van der Waals surface area contributed by atoms with Gasteiger partial charge in [0.1, 0.15) is 0 Å². The zero-order valence-corrected chi connectivity index (χ0v) is 20.1. The molecule has 11 heteroatoms. The summed E-state index contributed by atoms with van der Waals surface area (Å²) in [5, 5.41) is 11.7. The minimum Gasteiger partial charge on any atom is -0.325 e. The van der Waals surface area contributed by atoms with Crippen LogP contribution < -0.4 is 5.32 Å². The molecule has 0 fully saturated rings. The van der Waals surface area contributed by atoms with E-state index in [-0.39, 0.29) is 16.6 Å². The van der Waals surface area contributed by atoms with Crippen LogP contribution in [0.15, 0.2) is 52.8 Å². The molecular formula is C21H26N6O3S2. The monoisotopic (exact) mass is 474 g/mol. The van der Waals surface area contributed by atoms with Crippen LogP contribution in [-0.4, -0.2) is 57.2 Å². The highest BCUT2D eigenvalue weighted by molar-refractivity contribution is 7.99. The van der Waals surface area contributed by atoms with Crippen LogP contribution in [0.3, 0.4) is 0 Å². The fraction of sp³-hybridized carbons (Fsp3) is 0.333. The third-order valence-electron chi connectivity index (χ3n) is 4.90. The normalized spacial score (nSPS) is 11.7. The summed E-state index contributed by atoms with van der Waals surface area (Å²) in [5.74, 6) is 0.521. The summed E-state index contributed by atoms with van der Waals surface area (Å²) in [5.41, 5.74) is 1.95. The van der Waals surface area contributed by atoms with Gasteiger partial charge in [-0.2, -0.15) is 4.31 Å². The minimum absolute atomic E-state index is 0.105. The average molecular weight is 475 g/mol. The standard InChI is InChI=1S/C21H26N6O3S2/c1-5-27(6-2)32(29,30)18-13-17(8-7-15(18)3)23-19(28)14-31-21-25-24-20(26(21)4)16-9-11-22-12-10-16/h7-13H,5-6,14H2,1-4H3,(H,23,28). The van der Waals surface area contributed by atoms with E-state index in [0.29, 0.717) is 35.3 Å². The lowest BCUT2D eigenvalue weighted by Crippen LogP contribution is -2.31. The van der Waals surface area contributed by atoms with Crippen molar-refractivity contribution in [1.82, 2.24) is 24.1 Å². The molecule has 1 aromatic carbocycles. The number of aromatic nitrogens is 4. The summed E-state index contributed by atoms with van der Waals surface area (Å²) in [7, 11) is -1.79. The van der Waals surface area contributed by atoms with Crippen LogP contribution in [-0.2, 0) is 21.9 Å². The lowest BCUT2D eigenvalue weighted by atomic mass is 10.2. The fourth-order valence-electron chi connectivity index (χ4n) is 3.18. The van der Waals surface area contributed by atoms with E-state index in [2.05, 4.69) is 20.5 Å². The van der Waals surface area contributed by atoms with E-state index in [9.17, 15) is 13.2 Å². The van der Waals surface area contributed by atoms with Crippen LogP contribution in [0.5, 0.6) is 0 Å². The molecular weight excluding hydrogens is 448 g/mol. The summed E-state index contributed by atoms with van der Waals surface area (Å²) in [6, 6.07) is 8.58. The number of amides is 1. The minimum atomic E-state index is -3.62. The van der Waals surface area contributed by atoms with Gasteiger partial charge in [0.15, 0.2) is 11.0 Å². The van der Waals surface area contributed by atoms with Crippen LogP contribution in [0.25, 0.3) is 11.4 Å². The van der Waals surface area contributed by atoms with Gasteiger partial charge in [-0.3, -0.25) is 9.78 Å². The number of carbonyl (C=O) groups is 1. The summed E-state index contributed by atoms with van der Waals surface area (Å²) < 4.78 is 29.0. The molecule has 0 saturated heterocycles. The molecule has 0 bridgehead atoms. The van der Waals surface area contributed by atoms with Crippen LogP contribution in [0.1, 0.15) is 19.4 Å². The van der Waals surface area contributed by atoms with E-state index >= 15 is 0 Å². The number of anilines is 1. The summed E-state index contributed by atoms with van der Waals surface area (Å²) in [6.07, 6.45) is 3.36. The Kier molecular flexibility index (Phi) is 7.64. The number of thioether (sulfide) groups is 1. The number of hydrogen-bond acceptors (Lipinski definition) is 7. The SMILES string of the molecule is CCN(CC)S(=O)(=O)c1cc(NC(=O)CSc2nnc(-c3ccncc3)n2C)ccc1C. The summed E-state index contributed by atoms with van der Waals surface area (Å²) in [4.78, 5) is 16.7. The summed E-state index contributed by atoms with van der Waals surface area (Å²) >= 11 is 1.25. The molecule has 2 heterocycles. The van der Waals surface area contributed by atoms with Gasteiger partial charge in [0, 0.05) is 43.8 Å². The van der Waals surface area contributed by atoms with Crippen molar-refractivity contribution in [3.8, 4) is 11.4 Å². The second-order valence-electron chi connectivity index (χ2n) is 7.01. The first-order valence-corrected chi connectivity index (χ1v) is 12.5. The van der Waals surface area contributed by atoms with Crippen LogP contribution in [0.4, 0.5) is 5.69 Å². The first kappa shape index (κ1) is 23.9. The van der Waals surface area contributed by atoms with E-state index < -0.39 is 10.0 Å². The molecule has 1 amide bonds. The molecule has 0 aliphatic carbocycles. The molecule has 0 aliphatic rings. The number of rotatable bonds is 9. The average Bonchev–Trinajstić information content (AvgIpc) is 3.15. The molecule has 2 aromatic heterocycles. The van der Waals surface area contributed by atoms with Gasteiger partial charge in [-0.1, -0.05) is 31.7 Å². The number of nitrogens with one attached hydrogen (secondary N) is 1. The summed E-state index contributed by atoms with van der Waals surface area (Å²) in [6.45, 7) is 6.10. The molecule has 1 N–H and O–H groups in total. The molecule has 32 heavy (non-hydrogen) atoms. The Morgan fingerprint density at radius 1 is 1.12 bits per heavy atom. The number of sulfonamides is 1. The Bertz CT molecular complexity index is 1190. The number of benzene rings is 1. The Balaban J connectivity index is 1.69. The topological polar surface area (TPSA) is 110 Å². The number of carbonyl (C=O) groups excluding carboxylic acids is 1. The van der Waals surface area contributed by atoms with Gasteiger partial charge in [0.05, 0.1) is 10.6 Å². The van der Waals surface area contributed by atoms with E-state index in [1.807, 2.05) is 23.7 Å². The van der Waals surface area contributed by atoms with Crippen molar-refractivity contribution in [3.05, 3.63) is 48.3 Å². The maximum absolute atomic E-state index is 12.9. The van der Waals surface area contributed by atoms with Crippen molar-refractivity contribution >= 4 is 33.4 Å². The van der Waals surface area contributed by atoms with E-state index in [1.165, 1.54) is 22.1 Å². The molecule has 3 aromatic rings. The number of nitrogens with zero attached hydrogens (tertiary/aromatic N) is 5. The molecule has 0 aliphatic heterocycles. The van der Waals surface area contributed by atoms with Crippen molar-refractivity contribution < 1.29 is 13.2 Å². The second-order valence-corrected chi connectivity index (χ2v) is 9.86. The van der Waals surface area contributed by atoms with Crippen molar-refractivity contribution in [2.45, 2.75) is 30.8 Å². The van der Waals surface area contributed by atoms with E-state index in [4.69, 9.17) is 0 Å². The third kappa shape index (κ3) is 5.17. The highest BCUT2D eigenvalue weighted by Crippen LogP contribution is 2.25. The quantitative estimate of drug-likeness (QED) is 0.475. The lowest BCUT2D eigenvalue weighted by molar-refractivity contribution is -0.113. The van der Waals surface area contributed by atoms with Gasteiger partial charge in [0.25, 0.3) is 0 Å². The Labute approximate surface area is 192 Å². The molecule has 0 radical (unpaired) electrons. The zero-order valence-electron chi connectivity index (χ0n) is 18.4. The smallest absolute Gasteiger partial charge is 0.243 e. The molecule has 0 unspecified atom stereocenters. The molecule has 170 valence electrons. The highest BCUT2D eigenvalue weighted by atomic mass is 32.2. The van der Waals surface area contributed by atoms with Crippen LogP contribution >= 0.6 is 11.8 Å². The molecule has 0 spiro atoms. The lowest BCUT2D eigenvalue weighted by Gasteiger charge is -2.20. The predicted molar refractivity (Wildman–Crippen MR) is 125 cm³/mol. The van der Waals surface area contributed by atoms with Crippen LogP contribution in [0, 0.1) is 6.92 Å². The fourth-order valence-corrected chi connectivity index (χ4v) is 5.60. The Morgan fingerprint density at radius 2 is 1.81 bits per heavy atom. The molecule has 0 atom stereocenters. The molecule has 3 rings (SSSR count). The van der Waals surface area contributed by atoms with Gasteiger partial charge in [0.2, 0.25) is 15.9 Å². The van der Waals surface area contributed by atoms with Gasteiger partial charge in [-0.25, -0.2) is 8.42 Å². The van der Waals surface area contributed by atoms with Gasteiger partial charge < -0.3 is 9.88 Å². The number of hydrogen-bond donors (Lipinski definition) is 1. The second kappa shape index (κ2) is 10.2. The van der Waals surface area contributed by atoms with Crippen molar-refractivity contribution in [2.75, 3.05) is 24.2 Å². The maximum Gasteiger partial charge on any atom is 0.243 e. The maximum atomic E-state index is 12.9. The van der Waals surface area contributed by atoms with Crippen LogP contribution in [0.2, 0.25) is 0 Å². The predicted octanol–water partition coefficient (Wildman–Crippen LogP) is 2.95. The highest BCUT2D eigenvalue weighted by Gasteiger charge is 2.24. The third-order valence-corrected chi connectivity index (χ3v) is 8.11. The van der Waals surface area contributed by atoms with Crippen molar-refractivity contribution in [2.24, 2.45) is 7.05 Å². The number of pyridine rings is 1. The largest absolute Gasteiger partial charge is 0.325 e. The Morgan fingerprint density at radius 3 is 2.47 bits per heavy atom. The van der Waals surface area contributed by atoms with Crippen molar-refractivity contribution in [3.63, 3.8) is 0 Å². The first-order chi connectivity index (χ1) is 15.3. The number of aryl methyl sites for hydroxylation is 1. The van der Waals surface area contributed by atoms with Crippen molar-refractivity contribution in [1.29, 1.82) is 0 Å². The van der Waals surface area contributed by atoms with Gasteiger partial charge >= 0.3 is 0 Å². The van der Waals surface area contributed by atoms with E-state index in [0.717, 1.165) is 5.56 Å². The zero-order chi connectivity index (χ0) is 23.3. The van der Waals surface area contributed by atoms with Gasteiger partial charge in [-0.05, 0) is 36.8 Å².